The monoisotopic (exact) mass is 184 g/mol. The lowest BCUT2D eigenvalue weighted by atomic mass is 9.69. The summed E-state index contributed by atoms with van der Waals surface area (Å²) in [6.07, 6.45) is 4.66. The molecule has 1 saturated carbocycles. The van der Waals surface area contributed by atoms with Crippen molar-refractivity contribution < 1.29 is 5.11 Å². The zero-order chi connectivity index (χ0) is 10.1. The molecule has 0 aliphatic heterocycles. The summed E-state index contributed by atoms with van der Waals surface area (Å²) in [5.74, 6) is 2.12. The molecule has 1 aliphatic carbocycles. The van der Waals surface area contributed by atoms with Crippen LogP contribution in [0.15, 0.2) is 0 Å². The molecular formula is C12H24O. The van der Waals surface area contributed by atoms with Gasteiger partial charge in [0.2, 0.25) is 0 Å². The van der Waals surface area contributed by atoms with Gasteiger partial charge in [0, 0.05) is 0 Å². The molecule has 1 rings (SSSR count). The Kier molecular flexibility index (Phi) is 3.39. The Morgan fingerprint density at radius 1 is 1.15 bits per heavy atom. The maximum Gasteiger partial charge on any atom is 0.0645 e. The fourth-order valence-corrected chi connectivity index (χ4v) is 2.74. The van der Waals surface area contributed by atoms with Gasteiger partial charge < -0.3 is 5.11 Å². The van der Waals surface area contributed by atoms with Crippen molar-refractivity contribution in [1.82, 2.24) is 0 Å². The molecular weight excluding hydrogens is 160 g/mol. The highest BCUT2D eigenvalue weighted by Crippen LogP contribution is 2.39. The Balaban J connectivity index is 2.59. The van der Waals surface area contributed by atoms with Gasteiger partial charge in [0.05, 0.1) is 5.60 Å². The number of hydrogen-bond donors (Lipinski definition) is 1. The molecule has 0 radical (unpaired) electrons. The van der Waals surface area contributed by atoms with Gasteiger partial charge in [-0.1, -0.05) is 20.8 Å². The van der Waals surface area contributed by atoms with Crippen LogP contribution in [0.3, 0.4) is 0 Å². The molecule has 0 spiro atoms. The van der Waals surface area contributed by atoms with Gasteiger partial charge in [-0.05, 0) is 50.4 Å². The first-order valence-electron chi connectivity index (χ1n) is 5.68. The first-order valence-corrected chi connectivity index (χ1v) is 5.68. The van der Waals surface area contributed by atoms with Gasteiger partial charge in [-0.25, -0.2) is 0 Å². The Hall–Kier alpha value is -0.0400. The molecule has 0 saturated heterocycles. The molecule has 1 aliphatic rings. The van der Waals surface area contributed by atoms with Crippen LogP contribution in [-0.4, -0.2) is 10.7 Å². The van der Waals surface area contributed by atoms with Gasteiger partial charge in [-0.3, -0.25) is 0 Å². The van der Waals surface area contributed by atoms with Crippen molar-refractivity contribution in [2.75, 3.05) is 0 Å². The third kappa shape index (κ3) is 2.70. The highest BCUT2D eigenvalue weighted by Gasteiger charge is 2.35. The number of rotatable bonds is 2. The van der Waals surface area contributed by atoms with E-state index in [4.69, 9.17) is 0 Å². The van der Waals surface area contributed by atoms with Crippen molar-refractivity contribution in [3.8, 4) is 0 Å². The van der Waals surface area contributed by atoms with E-state index in [0.29, 0.717) is 5.92 Å². The van der Waals surface area contributed by atoms with E-state index < -0.39 is 5.60 Å². The molecule has 78 valence electrons. The Morgan fingerprint density at radius 3 is 2.00 bits per heavy atom. The molecule has 0 aromatic carbocycles. The van der Waals surface area contributed by atoms with Gasteiger partial charge in [-0.2, -0.15) is 0 Å². The fourth-order valence-electron chi connectivity index (χ4n) is 2.74. The zero-order valence-electron chi connectivity index (χ0n) is 9.51. The molecule has 0 heterocycles. The molecule has 0 amide bonds. The van der Waals surface area contributed by atoms with Crippen LogP contribution in [0.25, 0.3) is 0 Å². The molecule has 0 aromatic rings. The van der Waals surface area contributed by atoms with Crippen LogP contribution in [0.1, 0.15) is 53.4 Å². The van der Waals surface area contributed by atoms with Crippen LogP contribution in [0, 0.1) is 17.8 Å². The first kappa shape index (κ1) is 11.0. The van der Waals surface area contributed by atoms with E-state index in [9.17, 15) is 5.11 Å². The highest BCUT2D eigenvalue weighted by atomic mass is 16.3. The van der Waals surface area contributed by atoms with Crippen LogP contribution in [0.2, 0.25) is 0 Å². The molecule has 3 atom stereocenters. The van der Waals surface area contributed by atoms with E-state index in [1.807, 2.05) is 6.92 Å². The SMILES string of the molecule is CCC(C)(O)C1CC(C)CC(C)C1. The van der Waals surface area contributed by atoms with Gasteiger partial charge in [0.15, 0.2) is 0 Å². The zero-order valence-corrected chi connectivity index (χ0v) is 9.51. The van der Waals surface area contributed by atoms with Gasteiger partial charge in [0.25, 0.3) is 0 Å². The summed E-state index contributed by atoms with van der Waals surface area (Å²) < 4.78 is 0. The lowest BCUT2D eigenvalue weighted by Crippen LogP contribution is -2.38. The van der Waals surface area contributed by atoms with Crippen molar-refractivity contribution in [1.29, 1.82) is 0 Å². The fraction of sp³-hybridized carbons (Fsp3) is 1.00. The molecule has 1 heteroatoms. The lowest BCUT2D eigenvalue weighted by Gasteiger charge is -2.40. The molecule has 1 fully saturated rings. The summed E-state index contributed by atoms with van der Waals surface area (Å²) in [4.78, 5) is 0. The van der Waals surface area contributed by atoms with Crippen molar-refractivity contribution in [2.45, 2.75) is 59.0 Å². The predicted molar refractivity (Wildman–Crippen MR) is 56.6 cm³/mol. The van der Waals surface area contributed by atoms with Crippen LogP contribution in [0.5, 0.6) is 0 Å². The lowest BCUT2D eigenvalue weighted by molar-refractivity contribution is -0.0362. The summed E-state index contributed by atoms with van der Waals surface area (Å²) >= 11 is 0. The highest BCUT2D eigenvalue weighted by molar-refractivity contribution is 4.86. The third-order valence-electron chi connectivity index (χ3n) is 3.77. The Bertz CT molecular complexity index is 153. The van der Waals surface area contributed by atoms with E-state index in [1.54, 1.807) is 0 Å². The maximum absolute atomic E-state index is 10.2. The minimum atomic E-state index is -0.428. The molecule has 1 nitrogen and oxygen atoms in total. The molecule has 0 aromatic heterocycles. The predicted octanol–water partition coefficient (Wildman–Crippen LogP) is 3.22. The smallest absolute Gasteiger partial charge is 0.0645 e. The summed E-state index contributed by atoms with van der Waals surface area (Å²) in [6, 6.07) is 0. The summed E-state index contributed by atoms with van der Waals surface area (Å²) in [6.45, 7) is 8.72. The van der Waals surface area contributed by atoms with Crippen molar-refractivity contribution in [2.24, 2.45) is 17.8 Å². The summed E-state index contributed by atoms with van der Waals surface area (Å²) in [5, 5.41) is 10.2. The van der Waals surface area contributed by atoms with Crippen LogP contribution >= 0.6 is 0 Å². The third-order valence-corrected chi connectivity index (χ3v) is 3.77. The molecule has 3 unspecified atom stereocenters. The normalized spacial score (nSPS) is 39.9. The van der Waals surface area contributed by atoms with Crippen LogP contribution < -0.4 is 0 Å². The van der Waals surface area contributed by atoms with E-state index in [-0.39, 0.29) is 0 Å². The van der Waals surface area contributed by atoms with Crippen LogP contribution in [-0.2, 0) is 0 Å². The molecule has 1 N–H and O–H groups in total. The van der Waals surface area contributed by atoms with E-state index >= 15 is 0 Å². The largest absolute Gasteiger partial charge is 0.390 e. The average Bonchev–Trinajstić information content (AvgIpc) is 2.02. The second kappa shape index (κ2) is 4.00. The van der Waals surface area contributed by atoms with E-state index in [0.717, 1.165) is 18.3 Å². The van der Waals surface area contributed by atoms with Crippen molar-refractivity contribution in [3.63, 3.8) is 0 Å². The minimum Gasteiger partial charge on any atom is -0.390 e. The second-order valence-corrected chi connectivity index (χ2v) is 5.33. The molecule has 13 heavy (non-hydrogen) atoms. The minimum absolute atomic E-state index is 0.428. The van der Waals surface area contributed by atoms with Gasteiger partial charge >= 0.3 is 0 Å². The van der Waals surface area contributed by atoms with E-state index in [2.05, 4.69) is 20.8 Å². The first-order chi connectivity index (χ1) is 5.95. The number of hydrogen-bond acceptors (Lipinski definition) is 1. The summed E-state index contributed by atoms with van der Waals surface area (Å²) in [7, 11) is 0. The summed E-state index contributed by atoms with van der Waals surface area (Å²) in [5.41, 5.74) is -0.428. The van der Waals surface area contributed by atoms with E-state index in [1.165, 1.54) is 19.3 Å². The average molecular weight is 184 g/mol. The van der Waals surface area contributed by atoms with Crippen LogP contribution in [0.4, 0.5) is 0 Å². The molecule has 0 bridgehead atoms. The maximum atomic E-state index is 10.2. The standard InChI is InChI=1S/C12H24O/c1-5-12(4,13)11-7-9(2)6-10(3)8-11/h9-11,13H,5-8H2,1-4H3. The van der Waals surface area contributed by atoms with Gasteiger partial charge in [0.1, 0.15) is 0 Å². The quantitative estimate of drug-likeness (QED) is 0.698. The number of aliphatic hydroxyl groups is 1. The Morgan fingerprint density at radius 2 is 1.62 bits per heavy atom. The Labute approximate surface area is 82.5 Å². The van der Waals surface area contributed by atoms with Crippen molar-refractivity contribution in [3.05, 3.63) is 0 Å². The van der Waals surface area contributed by atoms with Crippen molar-refractivity contribution >= 4 is 0 Å². The topological polar surface area (TPSA) is 20.2 Å². The van der Waals surface area contributed by atoms with Gasteiger partial charge in [-0.15, -0.1) is 0 Å². The second-order valence-electron chi connectivity index (χ2n) is 5.33.